The lowest BCUT2D eigenvalue weighted by atomic mass is 10.1. The molecule has 1 aliphatic rings. The number of carbonyl (C=O) groups excluding carboxylic acids is 2. The third-order valence-electron chi connectivity index (χ3n) is 4.63. The van der Waals surface area contributed by atoms with Gasteiger partial charge in [-0.2, -0.15) is 0 Å². The fraction of sp³-hybridized carbons (Fsp3) is 0.0870. The Morgan fingerprint density at radius 2 is 1.81 bits per heavy atom. The summed E-state index contributed by atoms with van der Waals surface area (Å²) in [6, 6.07) is 17.1. The third-order valence-corrected chi connectivity index (χ3v) is 6.34. The molecule has 0 bridgehead atoms. The number of anilines is 1. The topological polar surface area (TPSA) is 62.6 Å². The van der Waals surface area contributed by atoms with Gasteiger partial charge in [-0.05, 0) is 80.2 Å². The summed E-state index contributed by atoms with van der Waals surface area (Å²) in [6.45, 7) is 3.90. The number of amides is 2. The van der Waals surface area contributed by atoms with Crippen molar-refractivity contribution in [2.24, 2.45) is 0 Å². The highest BCUT2D eigenvalue weighted by Crippen LogP contribution is 2.31. The fourth-order valence-electron chi connectivity index (χ4n) is 3.08. The van der Waals surface area contributed by atoms with Crippen molar-refractivity contribution in [1.29, 1.82) is 0 Å². The molecule has 0 radical (unpaired) electrons. The van der Waals surface area contributed by atoms with Crippen LogP contribution < -0.4 is 10.2 Å². The number of furan rings is 1. The second kappa shape index (κ2) is 8.82. The number of hydrogen-bond acceptors (Lipinski definition) is 5. The van der Waals surface area contributed by atoms with Gasteiger partial charge in [0.2, 0.25) is 0 Å². The zero-order chi connectivity index (χ0) is 22.1. The first kappa shape index (κ1) is 21.5. The molecule has 1 aromatic heterocycles. The van der Waals surface area contributed by atoms with Crippen molar-refractivity contribution in [3.05, 3.63) is 81.5 Å². The van der Waals surface area contributed by atoms with Crippen LogP contribution in [0.2, 0.25) is 0 Å². The molecular weight excluding hydrogens is 496 g/mol. The van der Waals surface area contributed by atoms with E-state index in [-0.39, 0.29) is 10.7 Å². The van der Waals surface area contributed by atoms with Gasteiger partial charge in [0.25, 0.3) is 11.8 Å². The van der Waals surface area contributed by atoms with E-state index in [2.05, 4.69) is 21.2 Å². The van der Waals surface area contributed by atoms with E-state index in [0.29, 0.717) is 16.5 Å². The summed E-state index contributed by atoms with van der Waals surface area (Å²) in [5.74, 6) is -0.637. The molecule has 4 rings (SSSR count). The highest BCUT2D eigenvalue weighted by molar-refractivity contribution is 9.10. The van der Waals surface area contributed by atoms with Crippen molar-refractivity contribution in [1.82, 2.24) is 5.32 Å². The van der Waals surface area contributed by atoms with Gasteiger partial charge in [0.1, 0.15) is 11.3 Å². The zero-order valence-corrected chi connectivity index (χ0v) is 19.9. The minimum absolute atomic E-state index is 0.0443. The maximum atomic E-state index is 13.2. The van der Waals surface area contributed by atoms with Gasteiger partial charge in [0.05, 0.1) is 5.69 Å². The highest BCUT2D eigenvalue weighted by Gasteiger charge is 2.35. The molecule has 0 atom stereocenters. The smallest absolute Gasteiger partial charge is 0.270 e. The Morgan fingerprint density at radius 3 is 2.52 bits per heavy atom. The molecule has 3 aromatic rings. The van der Waals surface area contributed by atoms with Crippen molar-refractivity contribution in [3.8, 4) is 0 Å². The Kier molecular flexibility index (Phi) is 6.13. The Bertz CT molecular complexity index is 1230. The van der Waals surface area contributed by atoms with Crippen LogP contribution in [0.15, 0.2) is 79.0 Å². The van der Waals surface area contributed by atoms with Crippen LogP contribution in [0.4, 0.5) is 5.69 Å². The summed E-state index contributed by atoms with van der Waals surface area (Å²) in [5.41, 5.74) is 2.59. The van der Waals surface area contributed by atoms with Gasteiger partial charge >= 0.3 is 0 Å². The van der Waals surface area contributed by atoms with E-state index in [4.69, 9.17) is 16.6 Å². The minimum Gasteiger partial charge on any atom is -0.450 e. The maximum absolute atomic E-state index is 13.2. The number of nitrogens with one attached hydrogen (secondary N) is 1. The lowest BCUT2D eigenvalue weighted by Gasteiger charge is -2.29. The van der Waals surface area contributed by atoms with Gasteiger partial charge in [-0.3, -0.25) is 19.8 Å². The second-order valence-electron chi connectivity index (χ2n) is 6.96. The molecule has 2 heterocycles. The van der Waals surface area contributed by atoms with Crippen molar-refractivity contribution < 1.29 is 14.0 Å². The number of thiocarbonyl (C=S) groups is 1. The van der Waals surface area contributed by atoms with E-state index < -0.39 is 11.8 Å². The maximum Gasteiger partial charge on any atom is 0.270 e. The molecule has 1 aliphatic heterocycles. The average molecular weight is 513 g/mol. The van der Waals surface area contributed by atoms with Crippen molar-refractivity contribution in [2.75, 3.05) is 4.90 Å². The monoisotopic (exact) mass is 512 g/mol. The summed E-state index contributed by atoms with van der Waals surface area (Å²) < 4.78 is 6.71. The Hall–Kier alpha value is -2.68. The normalized spacial score (nSPS) is 15.5. The number of halogens is 1. The Balaban J connectivity index is 1.61. The van der Waals surface area contributed by atoms with E-state index in [1.165, 1.54) is 28.3 Å². The molecule has 0 aliphatic carbocycles. The average Bonchev–Trinajstić information content (AvgIpc) is 3.15. The number of carbonyl (C=O) groups is 2. The van der Waals surface area contributed by atoms with Crippen LogP contribution in [0.25, 0.3) is 6.08 Å². The van der Waals surface area contributed by atoms with E-state index in [1.807, 2.05) is 56.3 Å². The summed E-state index contributed by atoms with van der Waals surface area (Å²) in [7, 11) is 0. The van der Waals surface area contributed by atoms with E-state index >= 15 is 0 Å². The molecule has 5 nitrogen and oxygen atoms in total. The molecule has 31 heavy (non-hydrogen) atoms. The van der Waals surface area contributed by atoms with Gasteiger partial charge < -0.3 is 4.42 Å². The molecule has 156 valence electrons. The quantitative estimate of drug-likeness (QED) is 0.278. The highest BCUT2D eigenvalue weighted by atomic mass is 79.9. The van der Waals surface area contributed by atoms with Crippen LogP contribution in [0.3, 0.4) is 0 Å². The predicted molar refractivity (Wildman–Crippen MR) is 129 cm³/mol. The molecule has 0 saturated carbocycles. The summed E-state index contributed by atoms with van der Waals surface area (Å²) in [6.07, 6.45) is 1.44. The molecule has 0 unspecified atom stereocenters. The van der Waals surface area contributed by atoms with Crippen LogP contribution in [0.5, 0.6) is 0 Å². The van der Waals surface area contributed by atoms with Crippen LogP contribution in [-0.2, 0) is 9.59 Å². The van der Waals surface area contributed by atoms with Gasteiger partial charge in [0.15, 0.2) is 10.2 Å². The first-order valence-electron chi connectivity index (χ1n) is 9.34. The van der Waals surface area contributed by atoms with Crippen LogP contribution in [-0.4, -0.2) is 16.9 Å². The molecule has 1 saturated heterocycles. The molecule has 1 fully saturated rings. The van der Waals surface area contributed by atoms with Crippen molar-refractivity contribution >= 4 is 68.6 Å². The Morgan fingerprint density at radius 1 is 1.06 bits per heavy atom. The number of nitrogens with zero attached hydrogens (tertiary/aromatic N) is 1. The van der Waals surface area contributed by atoms with Gasteiger partial charge in [0, 0.05) is 9.37 Å². The number of aryl methyl sites for hydroxylation is 2. The largest absolute Gasteiger partial charge is 0.450 e. The summed E-state index contributed by atoms with van der Waals surface area (Å²) in [5, 5.41) is 3.30. The third kappa shape index (κ3) is 4.66. The fourth-order valence-corrected chi connectivity index (χ4v) is 4.61. The van der Waals surface area contributed by atoms with E-state index in [9.17, 15) is 9.59 Å². The predicted octanol–water partition coefficient (Wildman–Crippen LogP) is 5.64. The van der Waals surface area contributed by atoms with Crippen LogP contribution >= 0.6 is 39.9 Å². The molecule has 0 spiro atoms. The minimum atomic E-state index is -0.551. The molecule has 2 amide bonds. The van der Waals surface area contributed by atoms with Gasteiger partial charge in [-0.25, -0.2) is 0 Å². The summed E-state index contributed by atoms with van der Waals surface area (Å²) in [4.78, 5) is 28.0. The van der Waals surface area contributed by atoms with Crippen molar-refractivity contribution in [3.63, 3.8) is 0 Å². The first-order valence-corrected chi connectivity index (χ1v) is 11.4. The molecule has 2 aromatic carbocycles. The number of benzene rings is 2. The molecular formula is C23H17BrN2O3S2. The lowest BCUT2D eigenvalue weighted by Crippen LogP contribution is -2.54. The molecule has 8 heteroatoms. The zero-order valence-electron chi connectivity index (χ0n) is 16.6. The first-order chi connectivity index (χ1) is 14.8. The van der Waals surface area contributed by atoms with Crippen LogP contribution in [0.1, 0.15) is 16.9 Å². The standard InChI is InChI=1S/C23H17BrN2O3S2/c1-13-3-7-17(8-4-13)31-20-10-6-16(29-20)12-18-21(27)25-23(30)26(22(18)28)19-9-5-15(24)11-14(19)2/h3-12H,1-2H3,(H,25,27,30)/b18-12+. The van der Waals surface area contributed by atoms with Gasteiger partial charge in [-0.15, -0.1) is 0 Å². The van der Waals surface area contributed by atoms with E-state index in [1.54, 1.807) is 12.1 Å². The SMILES string of the molecule is Cc1ccc(Sc2ccc(/C=C3\C(=O)NC(=S)N(c4ccc(Br)cc4C)C3=O)o2)cc1. The molecule has 1 N–H and O–H groups in total. The van der Waals surface area contributed by atoms with Crippen molar-refractivity contribution in [2.45, 2.75) is 23.8 Å². The van der Waals surface area contributed by atoms with Crippen LogP contribution in [0, 0.1) is 13.8 Å². The Labute approximate surface area is 197 Å². The van der Waals surface area contributed by atoms with E-state index in [0.717, 1.165) is 14.9 Å². The summed E-state index contributed by atoms with van der Waals surface area (Å²) >= 11 is 10.1. The second-order valence-corrected chi connectivity index (χ2v) is 9.34. The number of hydrogen-bond donors (Lipinski definition) is 1. The van der Waals surface area contributed by atoms with Gasteiger partial charge in [-0.1, -0.05) is 45.4 Å². The number of rotatable bonds is 4. The lowest BCUT2D eigenvalue weighted by molar-refractivity contribution is -0.122.